The third-order valence-corrected chi connectivity index (χ3v) is 2.52. The van der Waals surface area contributed by atoms with Crippen molar-refractivity contribution in [3.05, 3.63) is 16.6 Å². The highest BCUT2D eigenvalue weighted by Crippen LogP contribution is 2.45. The third-order valence-electron chi connectivity index (χ3n) is 1.55. The van der Waals surface area contributed by atoms with Crippen LogP contribution in [-0.4, -0.2) is 10.1 Å². The van der Waals surface area contributed by atoms with Crippen LogP contribution in [-0.2, 0) is 5.60 Å². The van der Waals surface area contributed by atoms with Crippen LogP contribution in [0.5, 0.6) is 0 Å². The lowest BCUT2D eigenvalue weighted by Gasteiger charge is -1.98. The summed E-state index contributed by atoms with van der Waals surface area (Å²) >= 11 is 1.53. The van der Waals surface area contributed by atoms with Crippen molar-refractivity contribution in [2.45, 2.75) is 18.4 Å². The Morgan fingerprint density at radius 1 is 1.67 bits per heavy atom. The van der Waals surface area contributed by atoms with Crippen molar-refractivity contribution < 1.29 is 5.11 Å². The van der Waals surface area contributed by atoms with E-state index in [4.69, 9.17) is 0 Å². The first-order valence-electron chi connectivity index (χ1n) is 2.94. The van der Waals surface area contributed by atoms with Gasteiger partial charge < -0.3 is 5.11 Å². The van der Waals surface area contributed by atoms with E-state index in [1.807, 2.05) is 5.38 Å². The molecule has 0 spiro atoms. The summed E-state index contributed by atoms with van der Waals surface area (Å²) < 4.78 is 0. The maximum atomic E-state index is 9.44. The quantitative estimate of drug-likeness (QED) is 0.635. The van der Waals surface area contributed by atoms with Crippen LogP contribution in [0, 0.1) is 0 Å². The monoisotopic (exact) mass is 141 g/mol. The minimum absolute atomic E-state index is 0.520. The molecule has 1 saturated carbocycles. The van der Waals surface area contributed by atoms with Crippen molar-refractivity contribution in [1.29, 1.82) is 0 Å². The number of aromatic nitrogens is 1. The average Bonchev–Trinajstić information content (AvgIpc) is 2.46. The second-order valence-corrected chi connectivity index (χ2v) is 3.26. The highest BCUT2D eigenvalue weighted by atomic mass is 32.1. The Morgan fingerprint density at radius 3 is 2.89 bits per heavy atom. The third kappa shape index (κ3) is 0.767. The van der Waals surface area contributed by atoms with Gasteiger partial charge in [0.15, 0.2) is 0 Å². The SMILES string of the molecule is OC1(c2nccs2)CC1. The van der Waals surface area contributed by atoms with E-state index in [-0.39, 0.29) is 0 Å². The van der Waals surface area contributed by atoms with Crippen LogP contribution in [0.3, 0.4) is 0 Å². The van der Waals surface area contributed by atoms with E-state index < -0.39 is 5.60 Å². The lowest BCUT2D eigenvalue weighted by molar-refractivity contribution is 0.151. The van der Waals surface area contributed by atoms with Gasteiger partial charge in [-0.05, 0) is 12.8 Å². The van der Waals surface area contributed by atoms with Gasteiger partial charge in [-0.25, -0.2) is 4.98 Å². The molecule has 0 radical (unpaired) electrons. The zero-order valence-electron chi connectivity index (χ0n) is 4.87. The van der Waals surface area contributed by atoms with Crippen LogP contribution in [0.2, 0.25) is 0 Å². The molecule has 1 N–H and O–H groups in total. The molecular formula is C6H7NOS. The summed E-state index contributed by atoms with van der Waals surface area (Å²) in [7, 11) is 0. The number of hydrogen-bond donors (Lipinski definition) is 1. The Balaban J connectivity index is 2.34. The van der Waals surface area contributed by atoms with Gasteiger partial charge in [-0.15, -0.1) is 11.3 Å². The van der Waals surface area contributed by atoms with Crippen molar-refractivity contribution in [2.24, 2.45) is 0 Å². The van der Waals surface area contributed by atoms with Crippen molar-refractivity contribution >= 4 is 11.3 Å². The number of nitrogens with zero attached hydrogens (tertiary/aromatic N) is 1. The molecule has 1 fully saturated rings. The maximum Gasteiger partial charge on any atom is 0.124 e. The minimum atomic E-state index is -0.520. The van der Waals surface area contributed by atoms with Crippen LogP contribution in [0.1, 0.15) is 17.8 Å². The molecule has 0 bridgehead atoms. The minimum Gasteiger partial charge on any atom is -0.383 e. The van der Waals surface area contributed by atoms with Gasteiger partial charge in [-0.1, -0.05) is 0 Å². The largest absolute Gasteiger partial charge is 0.383 e. The van der Waals surface area contributed by atoms with E-state index in [0.29, 0.717) is 0 Å². The second-order valence-electron chi connectivity index (χ2n) is 2.37. The van der Waals surface area contributed by atoms with E-state index in [2.05, 4.69) is 4.98 Å². The topological polar surface area (TPSA) is 33.1 Å². The normalized spacial score (nSPS) is 21.9. The first-order chi connectivity index (χ1) is 4.31. The Labute approximate surface area is 57.2 Å². The maximum absolute atomic E-state index is 9.44. The Morgan fingerprint density at radius 2 is 2.44 bits per heavy atom. The second kappa shape index (κ2) is 1.55. The number of thiazole rings is 1. The molecule has 1 aliphatic carbocycles. The summed E-state index contributed by atoms with van der Waals surface area (Å²) in [5.74, 6) is 0. The van der Waals surface area contributed by atoms with Crippen molar-refractivity contribution in [3.8, 4) is 0 Å². The van der Waals surface area contributed by atoms with Crippen molar-refractivity contribution in [3.63, 3.8) is 0 Å². The van der Waals surface area contributed by atoms with Gasteiger partial charge in [0.25, 0.3) is 0 Å². The first-order valence-corrected chi connectivity index (χ1v) is 3.82. The van der Waals surface area contributed by atoms with Gasteiger partial charge >= 0.3 is 0 Å². The fraction of sp³-hybridized carbons (Fsp3) is 0.500. The summed E-state index contributed by atoms with van der Waals surface area (Å²) in [6, 6.07) is 0. The van der Waals surface area contributed by atoms with Crippen LogP contribution >= 0.6 is 11.3 Å². The van der Waals surface area contributed by atoms with Gasteiger partial charge in [0.05, 0.1) is 0 Å². The molecule has 9 heavy (non-hydrogen) atoms. The molecule has 1 aliphatic rings. The molecule has 0 unspecified atom stereocenters. The number of rotatable bonds is 1. The van der Waals surface area contributed by atoms with Gasteiger partial charge in [-0.3, -0.25) is 0 Å². The van der Waals surface area contributed by atoms with Gasteiger partial charge in [0.2, 0.25) is 0 Å². The van der Waals surface area contributed by atoms with Gasteiger partial charge in [-0.2, -0.15) is 0 Å². The van der Waals surface area contributed by atoms with Crippen molar-refractivity contribution in [1.82, 2.24) is 4.98 Å². The molecule has 1 aromatic rings. The molecule has 0 amide bonds. The molecule has 1 heterocycles. The fourth-order valence-corrected chi connectivity index (χ4v) is 1.58. The molecule has 0 saturated heterocycles. The molecule has 1 aromatic heterocycles. The van der Waals surface area contributed by atoms with Crippen LogP contribution < -0.4 is 0 Å². The standard InChI is InChI=1S/C6H7NOS/c8-6(1-2-6)5-7-3-4-9-5/h3-4,8H,1-2H2. The van der Waals surface area contributed by atoms with E-state index in [1.54, 1.807) is 6.20 Å². The Hall–Kier alpha value is -0.410. The first kappa shape index (κ1) is 5.38. The predicted molar refractivity (Wildman–Crippen MR) is 35.2 cm³/mol. The summed E-state index contributed by atoms with van der Waals surface area (Å²) in [6.07, 6.45) is 3.51. The fourth-order valence-electron chi connectivity index (χ4n) is 0.786. The number of hydrogen-bond acceptors (Lipinski definition) is 3. The van der Waals surface area contributed by atoms with Gasteiger partial charge in [0.1, 0.15) is 10.6 Å². The zero-order valence-corrected chi connectivity index (χ0v) is 5.69. The smallest absolute Gasteiger partial charge is 0.124 e. The summed E-state index contributed by atoms with van der Waals surface area (Å²) in [4.78, 5) is 4.02. The van der Waals surface area contributed by atoms with Crippen LogP contribution in [0.4, 0.5) is 0 Å². The molecule has 3 heteroatoms. The van der Waals surface area contributed by atoms with E-state index in [9.17, 15) is 5.11 Å². The van der Waals surface area contributed by atoms with E-state index in [0.717, 1.165) is 17.8 Å². The highest BCUT2D eigenvalue weighted by molar-refractivity contribution is 7.09. The lowest BCUT2D eigenvalue weighted by Crippen LogP contribution is -2.01. The molecule has 0 aromatic carbocycles. The van der Waals surface area contributed by atoms with Crippen molar-refractivity contribution in [2.75, 3.05) is 0 Å². The molecule has 2 rings (SSSR count). The summed E-state index contributed by atoms with van der Waals surface area (Å²) in [5, 5.41) is 12.2. The summed E-state index contributed by atoms with van der Waals surface area (Å²) in [5.41, 5.74) is -0.520. The Bertz CT molecular complexity index is 203. The van der Waals surface area contributed by atoms with Crippen LogP contribution in [0.25, 0.3) is 0 Å². The Kier molecular flexibility index (Phi) is 0.926. The van der Waals surface area contributed by atoms with E-state index >= 15 is 0 Å². The zero-order chi connectivity index (χ0) is 6.32. The van der Waals surface area contributed by atoms with Crippen LogP contribution in [0.15, 0.2) is 11.6 Å². The highest BCUT2D eigenvalue weighted by Gasteiger charge is 2.44. The lowest BCUT2D eigenvalue weighted by atomic mass is 10.4. The van der Waals surface area contributed by atoms with Gasteiger partial charge in [0, 0.05) is 11.6 Å². The summed E-state index contributed by atoms with van der Waals surface area (Å²) in [6.45, 7) is 0. The molecule has 2 nitrogen and oxygen atoms in total. The average molecular weight is 141 g/mol. The predicted octanol–water partition coefficient (Wildman–Crippen LogP) is 1.12. The number of aliphatic hydroxyl groups is 1. The molecule has 0 aliphatic heterocycles. The molecular weight excluding hydrogens is 134 g/mol. The molecule has 48 valence electrons. The molecule has 0 atom stereocenters. The van der Waals surface area contributed by atoms with E-state index in [1.165, 1.54) is 11.3 Å².